The summed E-state index contributed by atoms with van der Waals surface area (Å²) in [4.78, 5) is 16.6. The first kappa shape index (κ1) is 22.8. The summed E-state index contributed by atoms with van der Waals surface area (Å²) >= 11 is 1.54. The number of amides is 1. The van der Waals surface area contributed by atoms with Gasteiger partial charge in [-0.05, 0) is 49.5 Å². The molecule has 0 spiro atoms. The lowest BCUT2D eigenvalue weighted by Crippen LogP contribution is -2.38. The number of benzene rings is 1. The second kappa shape index (κ2) is 11.5. The summed E-state index contributed by atoms with van der Waals surface area (Å²) in [7, 11) is 0. The fourth-order valence-electron chi connectivity index (χ4n) is 2.87. The largest absolute Gasteiger partial charge is 0.355 e. The summed E-state index contributed by atoms with van der Waals surface area (Å²) in [6.07, 6.45) is 3.34. The van der Waals surface area contributed by atoms with Crippen LogP contribution in [0.25, 0.3) is 0 Å². The number of nitrogens with one attached hydrogen (secondary N) is 2. The number of carbonyl (C=O) groups is 1. The van der Waals surface area contributed by atoms with Gasteiger partial charge in [0.25, 0.3) is 0 Å². The zero-order chi connectivity index (χ0) is 16.8. The quantitative estimate of drug-likeness (QED) is 0.754. The van der Waals surface area contributed by atoms with E-state index in [0.29, 0.717) is 18.8 Å². The lowest BCUT2D eigenvalue weighted by atomic mass is 10.00. The molecule has 1 aromatic heterocycles. The highest BCUT2D eigenvalue weighted by molar-refractivity contribution is 7.09. The van der Waals surface area contributed by atoms with E-state index in [1.165, 1.54) is 25.0 Å². The number of nitrogens with zero attached hydrogens (tertiary/aromatic N) is 1. The Morgan fingerprint density at radius 2 is 2.08 bits per heavy atom. The number of piperidine rings is 1. The van der Waals surface area contributed by atoms with Gasteiger partial charge < -0.3 is 10.6 Å². The van der Waals surface area contributed by atoms with Gasteiger partial charge in [-0.1, -0.05) is 12.1 Å². The maximum Gasteiger partial charge on any atom is 0.226 e. The SMILES string of the molecule is Cl.Cl.O=C(Cc1csc(Cc2ccc(F)cc2)n1)NCC1CCCNC1. The molecule has 1 unspecified atom stereocenters. The van der Waals surface area contributed by atoms with Gasteiger partial charge in [0.2, 0.25) is 5.91 Å². The lowest BCUT2D eigenvalue weighted by molar-refractivity contribution is -0.120. The second-order valence-corrected chi connectivity index (χ2v) is 7.17. The average molecular weight is 420 g/mol. The standard InChI is InChI=1S/C18H22FN3OS.2ClH/c19-15-5-3-13(4-6-15)8-18-22-16(12-24-18)9-17(23)21-11-14-2-1-7-20-10-14;;/h3-6,12,14,20H,1-2,7-11H2,(H,21,23);2*1H. The number of thiazole rings is 1. The van der Waals surface area contributed by atoms with Crippen LogP contribution in [-0.4, -0.2) is 30.5 Å². The zero-order valence-electron chi connectivity index (χ0n) is 14.4. The Hall–Kier alpha value is -1.21. The van der Waals surface area contributed by atoms with Crippen molar-refractivity contribution in [2.45, 2.75) is 25.7 Å². The van der Waals surface area contributed by atoms with Crippen molar-refractivity contribution in [3.05, 3.63) is 51.7 Å². The van der Waals surface area contributed by atoms with E-state index < -0.39 is 0 Å². The van der Waals surface area contributed by atoms with Gasteiger partial charge in [0, 0.05) is 18.3 Å². The molecule has 1 fully saturated rings. The molecule has 0 bridgehead atoms. The van der Waals surface area contributed by atoms with Crippen LogP contribution in [0.1, 0.15) is 29.1 Å². The third kappa shape index (κ3) is 7.19. The van der Waals surface area contributed by atoms with E-state index in [1.807, 2.05) is 5.38 Å². The van der Waals surface area contributed by atoms with Crippen molar-refractivity contribution >= 4 is 42.1 Å². The second-order valence-electron chi connectivity index (χ2n) is 6.23. The van der Waals surface area contributed by atoms with Crippen LogP contribution in [0, 0.1) is 11.7 Å². The monoisotopic (exact) mass is 419 g/mol. The fraction of sp³-hybridized carbons (Fsp3) is 0.444. The maximum absolute atomic E-state index is 12.9. The van der Waals surface area contributed by atoms with Crippen molar-refractivity contribution in [2.24, 2.45) is 5.92 Å². The van der Waals surface area contributed by atoms with Gasteiger partial charge in [-0.3, -0.25) is 4.79 Å². The van der Waals surface area contributed by atoms with Crippen LogP contribution in [0.15, 0.2) is 29.6 Å². The number of hydrogen-bond donors (Lipinski definition) is 2. The first-order valence-corrected chi connectivity index (χ1v) is 9.22. The Morgan fingerprint density at radius 3 is 2.77 bits per heavy atom. The summed E-state index contributed by atoms with van der Waals surface area (Å²) in [6.45, 7) is 2.80. The van der Waals surface area contributed by atoms with Crippen LogP contribution in [0.3, 0.4) is 0 Å². The smallest absolute Gasteiger partial charge is 0.226 e. The van der Waals surface area contributed by atoms with E-state index in [-0.39, 0.29) is 36.5 Å². The van der Waals surface area contributed by atoms with E-state index >= 15 is 0 Å². The minimum atomic E-state index is -0.233. The molecule has 144 valence electrons. The molecule has 8 heteroatoms. The van der Waals surface area contributed by atoms with E-state index in [1.54, 1.807) is 23.5 Å². The van der Waals surface area contributed by atoms with Gasteiger partial charge in [0.05, 0.1) is 17.1 Å². The van der Waals surface area contributed by atoms with E-state index in [9.17, 15) is 9.18 Å². The van der Waals surface area contributed by atoms with Gasteiger partial charge in [0.15, 0.2) is 0 Å². The van der Waals surface area contributed by atoms with Crippen molar-refractivity contribution in [1.29, 1.82) is 0 Å². The van der Waals surface area contributed by atoms with Gasteiger partial charge in [-0.2, -0.15) is 0 Å². The highest BCUT2D eigenvalue weighted by Crippen LogP contribution is 2.16. The Kier molecular flexibility index (Phi) is 10.1. The predicted octanol–water partition coefficient (Wildman–Crippen LogP) is 3.37. The molecule has 1 aliphatic heterocycles. The number of halogens is 3. The maximum atomic E-state index is 12.9. The van der Waals surface area contributed by atoms with Crippen LogP contribution in [0.2, 0.25) is 0 Å². The molecule has 2 heterocycles. The summed E-state index contributed by atoms with van der Waals surface area (Å²) in [6, 6.07) is 6.44. The summed E-state index contributed by atoms with van der Waals surface area (Å²) in [5, 5.41) is 9.24. The molecule has 0 aliphatic carbocycles. The Bertz CT molecular complexity index is 675. The molecular weight excluding hydrogens is 396 g/mol. The molecular formula is C18H24Cl2FN3OS. The zero-order valence-corrected chi connectivity index (χ0v) is 16.8. The number of hydrogen-bond acceptors (Lipinski definition) is 4. The first-order chi connectivity index (χ1) is 11.7. The van der Waals surface area contributed by atoms with E-state index in [4.69, 9.17) is 0 Å². The molecule has 2 N–H and O–H groups in total. The normalized spacial score (nSPS) is 16.3. The highest BCUT2D eigenvalue weighted by Gasteiger charge is 2.14. The van der Waals surface area contributed by atoms with Gasteiger partial charge in [-0.15, -0.1) is 36.2 Å². The molecule has 1 saturated heterocycles. The third-order valence-electron chi connectivity index (χ3n) is 4.20. The Labute approximate surface area is 169 Å². The van der Waals surface area contributed by atoms with E-state index in [0.717, 1.165) is 35.9 Å². The average Bonchev–Trinajstić information content (AvgIpc) is 3.03. The number of carbonyl (C=O) groups excluding carboxylic acids is 1. The molecule has 0 saturated carbocycles. The van der Waals surface area contributed by atoms with Crippen LogP contribution < -0.4 is 10.6 Å². The van der Waals surface area contributed by atoms with Crippen molar-refractivity contribution in [2.75, 3.05) is 19.6 Å². The Morgan fingerprint density at radius 1 is 1.31 bits per heavy atom. The van der Waals surface area contributed by atoms with Crippen molar-refractivity contribution < 1.29 is 9.18 Å². The van der Waals surface area contributed by atoms with Crippen molar-refractivity contribution in [3.8, 4) is 0 Å². The topological polar surface area (TPSA) is 54.0 Å². The highest BCUT2D eigenvalue weighted by atomic mass is 35.5. The number of aromatic nitrogens is 1. The summed E-state index contributed by atoms with van der Waals surface area (Å²) in [5.41, 5.74) is 1.82. The fourth-order valence-corrected chi connectivity index (χ4v) is 3.70. The van der Waals surface area contributed by atoms with Crippen molar-refractivity contribution in [1.82, 2.24) is 15.6 Å². The minimum absolute atomic E-state index is 0. The molecule has 1 aromatic carbocycles. The minimum Gasteiger partial charge on any atom is -0.355 e. The number of rotatable bonds is 6. The van der Waals surface area contributed by atoms with Gasteiger partial charge in [0.1, 0.15) is 5.82 Å². The van der Waals surface area contributed by atoms with Crippen LogP contribution in [-0.2, 0) is 17.6 Å². The predicted molar refractivity (Wildman–Crippen MR) is 108 cm³/mol. The summed E-state index contributed by atoms with van der Waals surface area (Å²) < 4.78 is 12.9. The lowest BCUT2D eigenvalue weighted by Gasteiger charge is -2.22. The molecule has 0 radical (unpaired) electrons. The van der Waals surface area contributed by atoms with Crippen LogP contribution in [0.5, 0.6) is 0 Å². The van der Waals surface area contributed by atoms with Crippen molar-refractivity contribution in [3.63, 3.8) is 0 Å². The van der Waals surface area contributed by atoms with Gasteiger partial charge in [-0.25, -0.2) is 9.37 Å². The van der Waals surface area contributed by atoms with Gasteiger partial charge >= 0.3 is 0 Å². The van der Waals surface area contributed by atoms with E-state index in [2.05, 4.69) is 15.6 Å². The van der Waals surface area contributed by atoms with Crippen LogP contribution in [0.4, 0.5) is 4.39 Å². The molecule has 1 amide bonds. The molecule has 3 rings (SSSR count). The molecule has 4 nitrogen and oxygen atoms in total. The molecule has 26 heavy (non-hydrogen) atoms. The third-order valence-corrected chi connectivity index (χ3v) is 5.09. The molecule has 1 aliphatic rings. The van der Waals surface area contributed by atoms with Crippen LogP contribution >= 0.6 is 36.2 Å². The Balaban J connectivity index is 0.00000169. The first-order valence-electron chi connectivity index (χ1n) is 8.34. The molecule has 1 atom stereocenters. The summed E-state index contributed by atoms with van der Waals surface area (Å²) in [5.74, 6) is 0.329. The molecule has 2 aromatic rings.